The number of esters is 1. The summed E-state index contributed by atoms with van der Waals surface area (Å²) >= 11 is 0. The first-order valence-electron chi connectivity index (χ1n) is 6.13. The van der Waals surface area contributed by atoms with Gasteiger partial charge in [0, 0.05) is 6.08 Å². The summed E-state index contributed by atoms with van der Waals surface area (Å²) in [7, 11) is 0. The van der Waals surface area contributed by atoms with Crippen LogP contribution in [0.25, 0.3) is 6.08 Å². The average Bonchev–Trinajstić information content (AvgIpc) is 2.26. The van der Waals surface area contributed by atoms with E-state index in [-0.39, 0.29) is 18.2 Å². The Morgan fingerprint density at radius 3 is 2.17 bits per heavy atom. The zero-order valence-corrected chi connectivity index (χ0v) is 11.3. The molecule has 18 heavy (non-hydrogen) atoms. The first kappa shape index (κ1) is 14.3. The van der Waals surface area contributed by atoms with Gasteiger partial charge in [-0.3, -0.25) is 0 Å². The maximum absolute atomic E-state index is 11.3. The lowest BCUT2D eigenvalue weighted by molar-refractivity contribution is -0.141. The fourth-order valence-electron chi connectivity index (χ4n) is 1.37. The monoisotopic (exact) mass is 248 g/mol. The van der Waals surface area contributed by atoms with E-state index in [4.69, 9.17) is 9.47 Å². The summed E-state index contributed by atoms with van der Waals surface area (Å²) < 4.78 is 10.5. The van der Waals surface area contributed by atoms with E-state index in [0.717, 1.165) is 11.3 Å². The van der Waals surface area contributed by atoms with Gasteiger partial charge in [-0.1, -0.05) is 12.1 Å². The van der Waals surface area contributed by atoms with Crippen molar-refractivity contribution in [2.75, 3.05) is 0 Å². The zero-order chi connectivity index (χ0) is 13.5. The minimum absolute atomic E-state index is 0.0935. The van der Waals surface area contributed by atoms with Gasteiger partial charge in [0.2, 0.25) is 0 Å². The summed E-state index contributed by atoms with van der Waals surface area (Å²) in [4.78, 5) is 11.3. The van der Waals surface area contributed by atoms with Crippen molar-refractivity contribution in [1.29, 1.82) is 0 Å². The fraction of sp³-hybridized carbons (Fsp3) is 0.400. The average molecular weight is 248 g/mol. The molecule has 0 atom stereocenters. The molecule has 98 valence electrons. The van der Waals surface area contributed by atoms with E-state index >= 15 is 0 Å². The van der Waals surface area contributed by atoms with Gasteiger partial charge in [0.1, 0.15) is 5.75 Å². The zero-order valence-electron chi connectivity index (χ0n) is 11.3. The van der Waals surface area contributed by atoms with Crippen LogP contribution >= 0.6 is 0 Å². The van der Waals surface area contributed by atoms with Crippen molar-refractivity contribution in [2.24, 2.45) is 0 Å². The second kappa shape index (κ2) is 6.84. The van der Waals surface area contributed by atoms with Gasteiger partial charge in [-0.05, 0) is 51.5 Å². The minimum Gasteiger partial charge on any atom is -0.491 e. The molecule has 0 aliphatic rings. The molecule has 0 spiro atoms. The number of carbonyl (C=O) groups excluding carboxylic acids is 1. The molecule has 0 amide bonds. The third-order valence-electron chi connectivity index (χ3n) is 2.02. The number of ether oxygens (including phenoxy) is 2. The van der Waals surface area contributed by atoms with E-state index in [2.05, 4.69) is 0 Å². The summed E-state index contributed by atoms with van der Waals surface area (Å²) in [5.41, 5.74) is 0.937. The van der Waals surface area contributed by atoms with E-state index in [0.29, 0.717) is 0 Å². The number of rotatable bonds is 5. The Kier molecular flexibility index (Phi) is 5.43. The van der Waals surface area contributed by atoms with Crippen molar-refractivity contribution in [2.45, 2.75) is 39.9 Å². The maximum Gasteiger partial charge on any atom is 0.331 e. The molecule has 1 aromatic carbocycles. The van der Waals surface area contributed by atoms with E-state index in [1.807, 2.05) is 52.0 Å². The van der Waals surface area contributed by atoms with Crippen molar-refractivity contribution in [1.82, 2.24) is 0 Å². The largest absolute Gasteiger partial charge is 0.491 e. The summed E-state index contributed by atoms with van der Waals surface area (Å²) in [5.74, 6) is 0.499. The molecule has 0 N–H and O–H groups in total. The molecule has 0 unspecified atom stereocenters. The van der Waals surface area contributed by atoms with Gasteiger partial charge in [-0.15, -0.1) is 0 Å². The molecule has 0 aromatic heterocycles. The van der Waals surface area contributed by atoms with Crippen LogP contribution in [0, 0.1) is 0 Å². The molecule has 0 radical (unpaired) electrons. The van der Waals surface area contributed by atoms with Gasteiger partial charge in [-0.2, -0.15) is 0 Å². The van der Waals surface area contributed by atoms with E-state index < -0.39 is 0 Å². The third-order valence-corrected chi connectivity index (χ3v) is 2.02. The highest BCUT2D eigenvalue weighted by molar-refractivity contribution is 5.87. The molecule has 0 saturated heterocycles. The van der Waals surface area contributed by atoms with Crippen LogP contribution < -0.4 is 4.74 Å². The van der Waals surface area contributed by atoms with Crippen LogP contribution in [0.2, 0.25) is 0 Å². The molecule has 0 saturated carbocycles. The second-order valence-corrected chi connectivity index (χ2v) is 4.55. The lowest BCUT2D eigenvalue weighted by Gasteiger charge is -2.09. The lowest BCUT2D eigenvalue weighted by Crippen LogP contribution is -2.08. The lowest BCUT2D eigenvalue weighted by atomic mass is 10.2. The van der Waals surface area contributed by atoms with Crippen LogP contribution in [-0.4, -0.2) is 18.2 Å². The Bertz CT molecular complexity index is 402. The maximum atomic E-state index is 11.3. The predicted molar refractivity (Wildman–Crippen MR) is 72.5 cm³/mol. The number of hydrogen-bond acceptors (Lipinski definition) is 3. The highest BCUT2D eigenvalue weighted by atomic mass is 16.5. The summed E-state index contributed by atoms with van der Waals surface area (Å²) in [6.45, 7) is 7.61. The van der Waals surface area contributed by atoms with Gasteiger partial charge in [0.15, 0.2) is 0 Å². The minimum atomic E-state index is -0.326. The Morgan fingerprint density at radius 2 is 1.67 bits per heavy atom. The second-order valence-electron chi connectivity index (χ2n) is 4.55. The normalized spacial score (nSPS) is 11.2. The molecular weight excluding hydrogens is 228 g/mol. The van der Waals surface area contributed by atoms with Crippen molar-refractivity contribution in [3.8, 4) is 5.75 Å². The van der Waals surface area contributed by atoms with Crippen molar-refractivity contribution in [3.05, 3.63) is 35.9 Å². The van der Waals surface area contributed by atoms with Crippen molar-refractivity contribution in [3.63, 3.8) is 0 Å². The van der Waals surface area contributed by atoms with Gasteiger partial charge in [-0.25, -0.2) is 4.79 Å². The summed E-state index contributed by atoms with van der Waals surface area (Å²) in [6.07, 6.45) is 3.22. The molecule has 0 heterocycles. The number of carbonyl (C=O) groups is 1. The van der Waals surface area contributed by atoms with Gasteiger partial charge < -0.3 is 9.47 Å². The highest BCUT2D eigenvalue weighted by Crippen LogP contribution is 2.14. The van der Waals surface area contributed by atoms with E-state index in [1.165, 1.54) is 6.08 Å². The summed E-state index contributed by atoms with van der Waals surface area (Å²) in [5, 5.41) is 0. The SMILES string of the molecule is CC(C)OC(=O)/C=C/c1ccc(OC(C)C)cc1. The van der Waals surface area contributed by atoms with Crippen LogP contribution in [0.1, 0.15) is 33.3 Å². The van der Waals surface area contributed by atoms with E-state index in [1.54, 1.807) is 6.08 Å². The van der Waals surface area contributed by atoms with Gasteiger partial charge in [0.05, 0.1) is 12.2 Å². The Labute approximate surface area is 108 Å². The Hall–Kier alpha value is -1.77. The van der Waals surface area contributed by atoms with Crippen molar-refractivity contribution >= 4 is 12.0 Å². The van der Waals surface area contributed by atoms with Crippen LogP contribution in [0.3, 0.4) is 0 Å². The Morgan fingerprint density at radius 1 is 1.06 bits per heavy atom. The molecule has 1 aromatic rings. The van der Waals surface area contributed by atoms with Gasteiger partial charge >= 0.3 is 5.97 Å². The molecule has 3 nitrogen and oxygen atoms in total. The van der Waals surface area contributed by atoms with Crippen LogP contribution in [-0.2, 0) is 9.53 Å². The fourth-order valence-corrected chi connectivity index (χ4v) is 1.37. The molecule has 0 aliphatic carbocycles. The van der Waals surface area contributed by atoms with Gasteiger partial charge in [0.25, 0.3) is 0 Å². The molecular formula is C15H20O3. The Balaban J connectivity index is 2.58. The first-order valence-corrected chi connectivity index (χ1v) is 6.13. The van der Waals surface area contributed by atoms with E-state index in [9.17, 15) is 4.79 Å². The molecule has 3 heteroatoms. The topological polar surface area (TPSA) is 35.5 Å². The predicted octanol–water partition coefficient (Wildman–Crippen LogP) is 3.44. The number of hydrogen-bond donors (Lipinski definition) is 0. The standard InChI is InChI=1S/C15H20O3/c1-11(2)17-14-8-5-13(6-9-14)7-10-15(16)18-12(3)4/h5-12H,1-4H3/b10-7+. The highest BCUT2D eigenvalue weighted by Gasteiger charge is 2.00. The third kappa shape index (κ3) is 5.53. The first-order chi connectivity index (χ1) is 8.47. The molecule has 0 bridgehead atoms. The summed E-state index contributed by atoms with van der Waals surface area (Å²) in [6, 6.07) is 7.56. The van der Waals surface area contributed by atoms with Crippen LogP contribution in [0.15, 0.2) is 30.3 Å². The van der Waals surface area contributed by atoms with Crippen molar-refractivity contribution < 1.29 is 14.3 Å². The van der Waals surface area contributed by atoms with Crippen LogP contribution in [0.4, 0.5) is 0 Å². The number of benzene rings is 1. The molecule has 0 fully saturated rings. The quantitative estimate of drug-likeness (QED) is 0.591. The smallest absolute Gasteiger partial charge is 0.331 e. The molecule has 0 aliphatic heterocycles. The van der Waals surface area contributed by atoms with Crippen LogP contribution in [0.5, 0.6) is 5.75 Å². The molecule has 1 rings (SSSR count).